The van der Waals surface area contributed by atoms with Gasteiger partial charge in [-0.25, -0.2) is 4.98 Å². The van der Waals surface area contributed by atoms with Gasteiger partial charge in [-0.1, -0.05) is 5.16 Å². The van der Waals surface area contributed by atoms with Crippen LogP contribution >= 0.6 is 23.1 Å². The van der Waals surface area contributed by atoms with Crippen LogP contribution in [0, 0.1) is 6.92 Å². The SMILES string of the molecule is Cc1cc(NC(=O)C(C)SCC(=O)Nc2ccc(C(=O)Nc3nccs3)cc2)no1. The van der Waals surface area contributed by atoms with Gasteiger partial charge in [0, 0.05) is 28.9 Å². The molecule has 0 spiro atoms. The normalized spacial score (nSPS) is 11.5. The zero-order chi connectivity index (χ0) is 21.5. The second kappa shape index (κ2) is 10.0. The van der Waals surface area contributed by atoms with Crippen molar-refractivity contribution < 1.29 is 18.9 Å². The number of nitrogens with zero attached hydrogens (tertiary/aromatic N) is 2. The lowest BCUT2D eigenvalue weighted by Gasteiger charge is -2.11. The molecule has 11 heteroatoms. The van der Waals surface area contributed by atoms with Gasteiger partial charge in [0.05, 0.1) is 11.0 Å². The quantitative estimate of drug-likeness (QED) is 0.485. The van der Waals surface area contributed by atoms with Gasteiger partial charge in [-0.15, -0.1) is 23.1 Å². The average molecular weight is 446 g/mol. The molecular weight excluding hydrogens is 426 g/mol. The van der Waals surface area contributed by atoms with Crippen molar-refractivity contribution in [2.75, 3.05) is 21.7 Å². The van der Waals surface area contributed by atoms with E-state index in [0.717, 1.165) is 0 Å². The number of hydrogen-bond donors (Lipinski definition) is 3. The van der Waals surface area contributed by atoms with Crippen LogP contribution in [-0.2, 0) is 9.59 Å². The van der Waals surface area contributed by atoms with E-state index >= 15 is 0 Å². The predicted molar refractivity (Wildman–Crippen MR) is 117 cm³/mol. The Labute approximate surface area is 180 Å². The van der Waals surface area contributed by atoms with E-state index in [4.69, 9.17) is 4.52 Å². The lowest BCUT2D eigenvalue weighted by Crippen LogP contribution is -2.25. The Morgan fingerprint density at radius 2 is 1.93 bits per heavy atom. The number of benzene rings is 1. The van der Waals surface area contributed by atoms with Crippen LogP contribution in [0.5, 0.6) is 0 Å². The molecular formula is C19H19N5O4S2. The summed E-state index contributed by atoms with van der Waals surface area (Å²) >= 11 is 2.53. The van der Waals surface area contributed by atoms with Gasteiger partial charge in [-0.05, 0) is 38.1 Å². The lowest BCUT2D eigenvalue weighted by molar-refractivity contribution is -0.115. The number of aromatic nitrogens is 2. The van der Waals surface area contributed by atoms with Crippen LogP contribution in [0.4, 0.5) is 16.6 Å². The van der Waals surface area contributed by atoms with Crippen LogP contribution in [-0.4, -0.2) is 38.9 Å². The molecule has 3 rings (SSSR count). The molecule has 2 heterocycles. The number of thiazole rings is 1. The molecule has 1 atom stereocenters. The molecule has 1 unspecified atom stereocenters. The molecule has 0 bridgehead atoms. The van der Waals surface area contributed by atoms with Gasteiger partial charge in [0.1, 0.15) is 5.76 Å². The molecule has 9 nitrogen and oxygen atoms in total. The molecule has 0 aliphatic heterocycles. The number of hydrogen-bond acceptors (Lipinski definition) is 8. The van der Waals surface area contributed by atoms with E-state index in [1.54, 1.807) is 55.8 Å². The summed E-state index contributed by atoms with van der Waals surface area (Å²) in [4.78, 5) is 40.4. The fourth-order valence-electron chi connectivity index (χ4n) is 2.29. The number of rotatable bonds is 8. The van der Waals surface area contributed by atoms with Gasteiger partial charge in [-0.3, -0.25) is 19.7 Å². The second-order valence-electron chi connectivity index (χ2n) is 6.18. The molecule has 0 radical (unpaired) electrons. The van der Waals surface area contributed by atoms with Crippen molar-refractivity contribution in [3.8, 4) is 0 Å². The van der Waals surface area contributed by atoms with Crippen LogP contribution in [0.15, 0.2) is 46.4 Å². The summed E-state index contributed by atoms with van der Waals surface area (Å²) in [7, 11) is 0. The number of aryl methyl sites for hydroxylation is 1. The minimum atomic E-state index is -0.454. The fourth-order valence-corrected chi connectivity index (χ4v) is 3.49. The summed E-state index contributed by atoms with van der Waals surface area (Å²) in [6.45, 7) is 3.43. The first-order valence-corrected chi connectivity index (χ1v) is 10.8. The van der Waals surface area contributed by atoms with Crippen molar-refractivity contribution >= 4 is 57.5 Å². The van der Waals surface area contributed by atoms with Crippen LogP contribution in [0.1, 0.15) is 23.0 Å². The molecule has 2 aromatic heterocycles. The van der Waals surface area contributed by atoms with E-state index in [1.807, 2.05) is 0 Å². The molecule has 30 heavy (non-hydrogen) atoms. The number of anilines is 3. The summed E-state index contributed by atoms with van der Waals surface area (Å²) in [6.07, 6.45) is 1.61. The summed E-state index contributed by atoms with van der Waals surface area (Å²) in [6, 6.07) is 8.12. The predicted octanol–water partition coefficient (Wildman–Crippen LogP) is 3.39. The second-order valence-corrected chi connectivity index (χ2v) is 8.41. The standard InChI is InChI=1S/C19H19N5O4S2/c1-11-9-15(24-28-11)22-17(26)12(2)30-10-16(25)21-14-5-3-13(4-6-14)18(27)23-19-20-7-8-29-19/h3-9,12H,10H2,1-2H3,(H,21,25)(H,20,23,27)(H,22,24,26). The van der Waals surface area contributed by atoms with Crippen molar-refractivity contribution in [3.63, 3.8) is 0 Å². The van der Waals surface area contributed by atoms with Crippen LogP contribution < -0.4 is 16.0 Å². The Morgan fingerprint density at radius 3 is 2.57 bits per heavy atom. The highest BCUT2D eigenvalue weighted by Crippen LogP contribution is 2.17. The lowest BCUT2D eigenvalue weighted by atomic mass is 10.2. The Hall–Kier alpha value is -3.18. The smallest absolute Gasteiger partial charge is 0.257 e. The van der Waals surface area contributed by atoms with Crippen molar-refractivity contribution in [3.05, 3.63) is 53.2 Å². The maximum absolute atomic E-state index is 12.2. The fraction of sp³-hybridized carbons (Fsp3) is 0.211. The minimum absolute atomic E-state index is 0.0959. The van der Waals surface area contributed by atoms with Crippen molar-refractivity contribution in [1.29, 1.82) is 0 Å². The highest BCUT2D eigenvalue weighted by atomic mass is 32.2. The average Bonchev–Trinajstić information content (AvgIpc) is 3.38. The summed E-state index contributed by atoms with van der Waals surface area (Å²) in [5.41, 5.74) is 1.01. The van der Waals surface area contributed by atoms with Crippen LogP contribution in [0.25, 0.3) is 0 Å². The van der Waals surface area contributed by atoms with Crippen LogP contribution in [0.3, 0.4) is 0 Å². The van der Waals surface area contributed by atoms with E-state index in [9.17, 15) is 14.4 Å². The first-order chi connectivity index (χ1) is 14.4. The third kappa shape index (κ3) is 6.16. The van der Waals surface area contributed by atoms with Crippen molar-refractivity contribution in [2.24, 2.45) is 0 Å². The van der Waals surface area contributed by atoms with E-state index in [2.05, 4.69) is 26.1 Å². The molecule has 3 aromatic rings. The molecule has 0 aliphatic rings. The van der Waals surface area contributed by atoms with Crippen molar-refractivity contribution in [2.45, 2.75) is 19.1 Å². The number of nitrogens with one attached hydrogen (secondary N) is 3. The van der Waals surface area contributed by atoms with E-state index in [1.165, 1.54) is 23.1 Å². The number of carbonyl (C=O) groups excluding carboxylic acids is 3. The minimum Gasteiger partial charge on any atom is -0.360 e. The number of thioether (sulfide) groups is 1. The maximum atomic E-state index is 12.2. The molecule has 0 aliphatic carbocycles. The molecule has 0 saturated heterocycles. The van der Waals surface area contributed by atoms with E-state index in [0.29, 0.717) is 28.0 Å². The highest BCUT2D eigenvalue weighted by Gasteiger charge is 2.17. The van der Waals surface area contributed by atoms with Gasteiger partial charge in [-0.2, -0.15) is 0 Å². The van der Waals surface area contributed by atoms with Crippen LogP contribution in [0.2, 0.25) is 0 Å². The highest BCUT2D eigenvalue weighted by molar-refractivity contribution is 8.01. The Bertz CT molecular complexity index is 1020. The summed E-state index contributed by atoms with van der Waals surface area (Å²) < 4.78 is 4.90. The van der Waals surface area contributed by atoms with Gasteiger partial charge in [0.2, 0.25) is 11.8 Å². The monoisotopic (exact) mass is 445 g/mol. The Balaban J connectivity index is 1.44. The maximum Gasteiger partial charge on any atom is 0.257 e. The number of amides is 3. The summed E-state index contributed by atoms with van der Waals surface area (Å²) in [5, 5.41) is 13.6. The van der Waals surface area contributed by atoms with Crippen molar-refractivity contribution in [1.82, 2.24) is 10.1 Å². The van der Waals surface area contributed by atoms with Gasteiger partial charge in [0.25, 0.3) is 5.91 Å². The number of carbonyl (C=O) groups is 3. The van der Waals surface area contributed by atoms with Gasteiger partial charge >= 0.3 is 0 Å². The Kier molecular flexibility index (Phi) is 7.20. The third-order valence-electron chi connectivity index (χ3n) is 3.80. The molecule has 156 valence electrons. The van der Waals surface area contributed by atoms with Gasteiger partial charge < -0.3 is 15.2 Å². The van der Waals surface area contributed by atoms with E-state index < -0.39 is 5.25 Å². The molecule has 1 aromatic carbocycles. The molecule has 3 N–H and O–H groups in total. The third-order valence-corrected chi connectivity index (χ3v) is 5.63. The van der Waals surface area contributed by atoms with Gasteiger partial charge in [0.15, 0.2) is 10.9 Å². The zero-order valence-corrected chi connectivity index (χ0v) is 17.8. The molecule has 0 fully saturated rings. The largest absolute Gasteiger partial charge is 0.360 e. The first-order valence-electron chi connectivity index (χ1n) is 8.87. The van der Waals surface area contributed by atoms with E-state index in [-0.39, 0.29) is 23.5 Å². The molecule has 3 amide bonds. The first kappa shape index (κ1) is 21.5. The topological polar surface area (TPSA) is 126 Å². The Morgan fingerprint density at radius 1 is 1.17 bits per heavy atom. The summed E-state index contributed by atoms with van der Waals surface area (Å²) in [5.74, 6) is 0.234. The zero-order valence-electron chi connectivity index (χ0n) is 16.2. The molecule has 0 saturated carbocycles.